The van der Waals surface area contributed by atoms with E-state index >= 15 is 0 Å². The van der Waals surface area contributed by atoms with Crippen LogP contribution >= 0.6 is 0 Å². The summed E-state index contributed by atoms with van der Waals surface area (Å²) in [5.41, 5.74) is 0.692. The van der Waals surface area contributed by atoms with E-state index in [1.807, 2.05) is 24.1 Å². The number of nitrogens with zero attached hydrogens (tertiary/aromatic N) is 2. The van der Waals surface area contributed by atoms with Gasteiger partial charge in [0.1, 0.15) is 5.82 Å². The number of carbonyl (C=O) groups is 1. The molecule has 1 aromatic rings. The Balaban J connectivity index is 2.10. The standard InChI is InChI=1S/C17H27N3O/c1-3-12-18-16-15(11-8-13-19-16)17(21)20(2)14-9-6-4-5-7-10-14/h8,11,13-14H,3-7,9-10,12H2,1-2H3,(H,18,19). The summed E-state index contributed by atoms with van der Waals surface area (Å²) in [6.07, 6.45) is 10.1. The van der Waals surface area contributed by atoms with Gasteiger partial charge in [0, 0.05) is 25.8 Å². The van der Waals surface area contributed by atoms with Crippen LogP contribution in [0, 0.1) is 0 Å². The van der Waals surface area contributed by atoms with E-state index in [1.54, 1.807) is 6.20 Å². The van der Waals surface area contributed by atoms with E-state index < -0.39 is 0 Å². The number of aromatic nitrogens is 1. The molecule has 0 radical (unpaired) electrons. The average molecular weight is 289 g/mol. The summed E-state index contributed by atoms with van der Waals surface area (Å²) in [5, 5.41) is 3.26. The predicted octanol–water partition coefficient (Wildman–Crippen LogP) is 3.70. The maximum absolute atomic E-state index is 12.8. The van der Waals surface area contributed by atoms with Gasteiger partial charge in [0.2, 0.25) is 0 Å². The van der Waals surface area contributed by atoms with Crippen LogP contribution in [0.5, 0.6) is 0 Å². The fraction of sp³-hybridized carbons (Fsp3) is 0.647. The molecule has 1 aliphatic carbocycles. The van der Waals surface area contributed by atoms with Crippen molar-refractivity contribution in [1.82, 2.24) is 9.88 Å². The van der Waals surface area contributed by atoms with Crippen molar-refractivity contribution in [3.05, 3.63) is 23.9 Å². The lowest BCUT2D eigenvalue weighted by atomic mass is 10.1. The summed E-state index contributed by atoms with van der Waals surface area (Å²) in [6.45, 7) is 2.94. The highest BCUT2D eigenvalue weighted by molar-refractivity contribution is 5.98. The normalized spacial score (nSPS) is 16.3. The highest BCUT2D eigenvalue weighted by atomic mass is 16.2. The zero-order valence-corrected chi connectivity index (χ0v) is 13.3. The van der Waals surface area contributed by atoms with Crippen molar-refractivity contribution in [1.29, 1.82) is 0 Å². The van der Waals surface area contributed by atoms with Gasteiger partial charge in [-0.2, -0.15) is 0 Å². The Bertz CT molecular complexity index is 453. The topological polar surface area (TPSA) is 45.2 Å². The van der Waals surface area contributed by atoms with E-state index in [1.165, 1.54) is 25.7 Å². The second kappa shape index (κ2) is 8.01. The Labute approximate surface area is 127 Å². The molecular formula is C17H27N3O. The van der Waals surface area contributed by atoms with Crippen molar-refractivity contribution < 1.29 is 4.79 Å². The molecule has 1 heterocycles. The molecule has 0 spiro atoms. The van der Waals surface area contributed by atoms with E-state index in [2.05, 4.69) is 17.2 Å². The predicted molar refractivity (Wildman–Crippen MR) is 86.6 cm³/mol. The minimum atomic E-state index is 0.0913. The number of anilines is 1. The number of pyridine rings is 1. The van der Waals surface area contributed by atoms with Gasteiger partial charge in [0.25, 0.3) is 5.91 Å². The van der Waals surface area contributed by atoms with Crippen LogP contribution in [0.1, 0.15) is 62.2 Å². The second-order valence-corrected chi connectivity index (χ2v) is 5.89. The molecule has 21 heavy (non-hydrogen) atoms. The van der Waals surface area contributed by atoms with Crippen LogP contribution in [0.2, 0.25) is 0 Å². The first-order valence-electron chi connectivity index (χ1n) is 8.20. The van der Waals surface area contributed by atoms with Crippen LogP contribution < -0.4 is 5.32 Å². The Kier molecular flexibility index (Phi) is 6.03. The van der Waals surface area contributed by atoms with Crippen molar-refractivity contribution in [3.63, 3.8) is 0 Å². The van der Waals surface area contributed by atoms with Crippen molar-refractivity contribution in [2.75, 3.05) is 18.9 Å². The lowest BCUT2D eigenvalue weighted by Gasteiger charge is -2.28. The van der Waals surface area contributed by atoms with Gasteiger partial charge in [-0.05, 0) is 31.4 Å². The zero-order chi connectivity index (χ0) is 15.1. The fourth-order valence-corrected chi connectivity index (χ4v) is 2.96. The molecule has 0 unspecified atom stereocenters. The molecule has 0 saturated heterocycles. The molecule has 1 N–H and O–H groups in total. The highest BCUT2D eigenvalue weighted by Gasteiger charge is 2.24. The first kappa shape index (κ1) is 15.8. The van der Waals surface area contributed by atoms with Gasteiger partial charge in [0.05, 0.1) is 5.56 Å². The Hall–Kier alpha value is -1.58. The van der Waals surface area contributed by atoms with Crippen molar-refractivity contribution >= 4 is 11.7 Å². The number of hydrogen-bond donors (Lipinski definition) is 1. The first-order chi connectivity index (χ1) is 10.2. The summed E-state index contributed by atoms with van der Waals surface area (Å²) in [4.78, 5) is 19.0. The molecule has 1 fully saturated rings. The molecule has 0 aliphatic heterocycles. The maximum Gasteiger partial charge on any atom is 0.257 e. The number of amides is 1. The van der Waals surface area contributed by atoms with Gasteiger partial charge in [-0.25, -0.2) is 4.98 Å². The van der Waals surface area contributed by atoms with Gasteiger partial charge in [-0.3, -0.25) is 4.79 Å². The smallest absolute Gasteiger partial charge is 0.257 e. The second-order valence-electron chi connectivity index (χ2n) is 5.89. The number of hydrogen-bond acceptors (Lipinski definition) is 3. The van der Waals surface area contributed by atoms with Gasteiger partial charge in [-0.15, -0.1) is 0 Å². The van der Waals surface area contributed by atoms with Crippen molar-refractivity contribution in [2.45, 2.75) is 57.9 Å². The van der Waals surface area contributed by atoms with Gasteiger partial charge >= 0.3 is 0 Å². The molecule has 0 aromatic carbocycles. The Morgan fingerprint density at radius 3 is 2.71 bits per heavy atom. The summed E-state index contributed by atoms with van der Waals surface area (Å²) in [7, 11) is 1.94. The summed E-state index contributed by atoms with van der Waals surface area (Å²) < 4.78 is 0. The molecular weight excluding hydrogens is 262 g/mol. The summed E-state index contributed by atoms with van der Waals surface area (Å²) in [6, 6.07) is 4.09. The number of carbonyl (C=O) groups excluding carboxylic acids is 1. The molecule has 1 amide bonds. The zero-order valence-electron chi connectivity index (χ0n) is 13.3. The third kappa shape index (κ3) is 4.19. The maximum atomic E-state index is 12.8. The van der Waals surface area contributed by atoms with Crippen LogP contribution in [0.3, 0.4) is 0 Å². The lowest BCUT2D eigenvalue weighted by Crippen LogP contribution is -2.37. The van der Waals surface area contributed by atoms with Gasteiger partial charge in [0.15, 0.2) is 0 Å². The quantitative estimate of drug-likeness (QED) is 0.841. The first-order valence-corrected chi connectivity index (χ1v) is 8.20. The van der Waals surface area contributed by atoms with Crippen LogP contribution in [-0.4, -0.2) is 35.4 Å². The lowest BCUT2D eigenvalue weighted by molar-refractivity contribution is 0.0718. The third-order valence-corrected chi connectivity index (χ3v) is 4.27. The minimum Gasteiger partial charge on any atom is -0.369 e. The van der Waals surface area contributed by atoms with Crippen molar-refractivity contribution in [3.8, 4) is 0 Å². The highest BCUT2D eigenvalue weighted by Crippen LogP contribution is 2.23. The third-order valence-electron chi connectivity index (χ3n) is 4.27. The number of rotatable bonds is 5. The monoisotopic (exact) mass is 289 g/mol. The molecule has 0 atom stereocenters. The molecule has 116 valence electrons. The van der Waals surface area contributed by atoms with Gasteiger partial charge < -0.3 is 10.2 Å². The van der Waals surface area contributed by atoms with Crippen LogP contribution in [0.25, 0.3) is 0 Å². The van der Waals surface area contributed by atoms with E-state index in [0.717, 1.165) is 25.8 Å². The number of nitrogens with one attached hydrogen (secondary N) is 1. The molecule has 1 aromatic heterocycles. The van der Waals surface area contributed by atoms with Crippen molar-refractivity contribution in [2.24, 2.45) is 0 Å². The van der Waals surface area contributed by atoms with E-state index in [4.69, 9.17) is 0 Å². The SMILES string of the molecule is CCCNc1ncccc1C(=O)N(C)C1CCCCCC1. The van der Waals surface area contributed by atoms with E-state index in [-0.39, 0.29) is 5.91 Å². The molecule has 1 aliphatic rings. The average Bonchev–Trinajstić information content (AvgIpc) is 2.81. The molecule has 2 rings (SSSR count). The van der Waals surface area contributed by atoms with Crippen LogP contribution in [0.15, 0.2) is 18.3 Å². The Morgan fingerprint density at radius 1 is 1.33 bits per heavy atom. The molecule has 0 bridgehead atoms. The molecule has 4 heteroatoms. The minimum absolute atomic E-state index is 0.0913. The largest absolute Gasteiger partial charge is 0.369 e. The summed E-state index contributed by atoms with van der Waals surface area (Å²) in [5.74, 6) is 0.804. The van der Waals surface area contributed by atoms with Gasteiger partial charge in [-0.1, -0.05) is 32.6 Å². The summed E-state index contributed by atoms with van der Waals surface area (Å²) >= 11 is 0. The van der Waals surface area contributed by atoms with Crippen LogP contribution in [-0.2, 0) is 0 Å². The molecule has 4 nitrogen and oxygen atoms in total. The van der Waals surface area contributed by atoms with Crippen LogP contribution in [0.4, 0.5) is 5.82 Å². The Morgan fingerprint density at radius 2 is 2.05 bits per heavy atom. The fourth-order valence-electron chi connectivity index (χ4n) is 2.96. The van der Waals surface area contributed by atoms with E-state index in [0.29, 0.717) is 17.4 Å². The van der Waals surface area contributed by atoms with E-state index in [9.17, 15) is 4.79 Å². The molecule has 1 saturated carbocycles.